The van der Waals surface area contributed by atoms with Gasteiger partial charge in [0.1, 0.15) is 5.75 Å². The highest BCUT2D eigenvalue weighted by molar-refractivity contribution is 7.98. The van der Waals surface area contributed by atoms with Crippen LogP contribution in [0.2, 0.25) is 5.02 Å². The molecular weight excluding hydrogens is 446 g/mol. The molecule has 32 heavy (non-hydrogen) atoms. The van der Waals surface area contributed by atoms with Crippen molar-refractivity contribution in [2.45, 2.75) is 50.2 Å². The normalized spacial score (nSPS) is 15.8. The number of aromatic nitrogens is 3. The lowest BCUT2D eigenvalue weighted by Crippen LogP contribution is -2.16. The number of ketones is 1. The number of hydrogen-bond donors (Lipinski definition) is 0. The number of halogens is 1. The maximum Gasteiger partial charge on any atom is 0.191 e. The Hall–Kier alpha value is -2.35. The second kappa shape index (κ2) is 10.5. The minimum Gasteiger partial charge on any atom is -0.494 e. The van der Waals surface area contributed by atoms with Crippen molar-refractivity contribution in [3.8, 4) is 17.1 Å². The number of benzene rings is 2. The van der Waals surface area contributed by atoms with Gasteiger partial charge < -0.3 is 9.47 Å². The predicted octanol–water partition coefficient (Wildman–Crippen LogP) is 5.67. The minimum atomic E-state index is 0.0332. The van der Waals surface area contributed by atoms with E-state index < -0.39 is 0 Å². The SMILES string of the molecule is CCOc1ccc(C(C)=O)cc1CSc1nnc(-c2ccc(Cl)cc2)n1CC1CCCO1. The molecule has 1 unspecified atom stereocenters. The Morgan fingerprint density at radius 2 is 2.06 bits per heavy atom. The minimum absolute atomic E-state index is 0.0332. The fourth-order valence-corrected chi connectivity index (χ4v) is 4.77. The van der Waals surface area contributed by atoms with Crippen molar-refractivity contribution >= 4 is 29.1 Å². The van der Waals surface area contributed by atoms with Crippen LogP contribution in [0.5, 0.6) is 5.75 Å². The molecule has 1 aromatic heterocycles. The third kappa shape index (κ3) is 5.34. The van der Waals surface area contributed by atoms with Gasteiger partial charge in [0, 0.05) is 34.1 Å². The van der Waals surface area contributed by atoms with Crippen LogP contribution in [0.3, 0.4) is 0 Å². The first-order chi connectivity index (χ1) is 15.5. The van der Waals surface area contributed by atoms with E-state index in [1.165, 1.54) is 0 Å². The van der Waals surface area contributed by atoms with Crippen molar-refractivity contribution in [3.05, 3.63) is 58.6 Å². The van der Waals surface area contributed by atoms with Crippen molar-refractivity contribution in [1.29, 1.82) is 0 Å². The summed E-state index contributed by atoms with van der Waals surface area (Å²) in [4.78, 5) is 11.9. The van der Waals surface area contributed by atoms with E-state index in [4.69, 9.17) is 21.1 Å². The summed E-state index contributed by atoms with van der Waals surface area (Å²) >= 11 is 7.65. The van der Waals surface area contributed by atoms with E-state index in [0.717, 1.165) is 47.3 Å². The van der Waals surface area contributed by atoms with Gasteiger partial charge in [-0.25, -0.2) is 0 Å². The summed E-state index contributed by atoms with van der Waals surface area (Å²) in [7, 11) is 0. The molecule has 2 heterocycles. The van der Waals surface area contributed by atoms with Gasteiger partial charge in [-0.3, -0.25) is 9.36 Å². The van der Waals surface area contributed by atoms with E-state index in [-0.39, 0.29) is 11.9 Å². The van der Waals surface area contributed by atoms with Crippen LogP contribution in [0.4, 0.5) is 0 Å². The zero-order valence-corrected chi connectivity index (χ0v) is 19.8. The number of nitrogens with zero attached hydrogens (tertiary/aromatic N) is 3. The van der Waals surface area contributed by atoms with Gasteiger partial charge in [-0.1, -0.05) is 23.4 Å². The van der Waals surface area contributed by atoms with Crippen LogP contribution >= 0.6 is 23.4 Å². The molecule has 0 bridgehead atoms. The first-order valence-corrected chi connectivity index (χ1v) is 12.1. The summed E-state index contributed by atoms with van der Waals surface area (Å²) in [6.07, 6.45) is 2.25. The summed E-state index contributed by atoms with van der Waals surface area (Å²) in [5.41, 5.74) is 2.59. The lowest BCUT2D eigenvalue weighted by atomic mass is 10.1. The van der Waals surface area contributed by atoms with Gasteiger partial charge in [-0.2, -0.15) is 0 Å². The highest BCUT2D eigenvalue weighted by Crippen LogP contribution is 2.32. The molecule has 1 atom stereocenters. The molecule has 4 rings (SSSR count). The van der Waals surface area contributed by atoms with Crippen LogP contribution in [0.15, 0.2) is 47.6 Å². The number of rotatable bonds is 9. The zero-order chi connectivity index (χ0) is 22.5. The highest BCUT2D eigenvalue weighted by Gasteiger charge is 2.22. The van der Waals surface area contributed by atoms with Gasteiger partial charge in [-0.05, 0) is 69.2 Å². The summed E-state index contributed by atoms with van der Waals surface area (Å²) in [5.74, 6) is 2.22. The Kier molecular flexibility index (Phi) is 7.50. The number of thioether (sulfide) groups is 1. The quantitative estimate of drug-likeness (QED) is 0.296. The molecule has 1 aliphatic rings. The topological polar surface area (TPSA) is 66.2 Å². The van der Waals surface area contributed by atoms with Crippen LogP contribution in [-0.2, 0) is 17.0 Å². The van der Waals surface area contributed by atoms with Gasteiger partial charge in [0.25, 0.3) is 0 Å². The molecule has 2 aromatic carbocycles. The maximum atomic E-state index is 11.9. The van der Waals surface area contributed by atoms with E-state index in [2.05, 4.69) is 14.8 Å². The van der Waals surface area contributed by atoms with E-state index in [9.17, 15) is 4.79 Å². The van der Waals surface area contributed by atoms with Gasteiger partial charge >= 0.3 is 0 Å². The van der Waals surface area contributed by atoms with Gasteiger partial charge in [-0.15, -0.1) is 10.2 Å². The van der Waals surface area contributed by atoms with E-state index >= 15 is 0 Å². The van der Waals surface area contributed by atoms with Crippen LogP contribution in [0.25, 0.3) is 11.4 Å². The zero-order valence-electron chi connectivity index (χ0n) is 18.2. The first kappa shape index (κ1) is 22.8. The Balaban J connectivity index is 1.62. The summed E-state index contributed by atoms with van der Waals surface area (Å²) < 4.78 is 13.8. The molecule has 6 nitrogen and oxygen atoms in total. The molecule has 8 heteroatoms. The smallest absolute Gasteiger partial charge is 0.191 e. The molecule has 1 fully saturated rings. The molecule has 0 radical (unpaired) electrons. The summed E-state index contributed by atoms with van der Waals surface area (Å²) in [6, 6.07) is 13.2. The molecule has 0 aliphatic carbocycles. The third-order valence-electron chi connectivity index (χ3n) is 5.35. The molecular formula is C24H26ClN3O3S. The van der Waals surface area contributed by atoms with Crippen molar-refractivity contribution in [2.75, 3.05) is 13.2 Å². The monoisotopic (exact) mass is 471 g/mol. The predicted molar refractivity (Wildman–Crippen MR) is 127 cm³/mol. The van der Waals surface area contributed by atoms with E-state index in [1.54, 1.807) is 24.8 Å². The lowest BCUT2D eigenvalue weighted by molar-refractivity contribution is 0.0953. The Bertz CT molecular complexity index is 1080. The number of carbonyl (C=O) groups excluding carboxylic acids is 1. The molecule has 3 aromatic rings. The summed E-state index contributed by atoms with van der Waals surface area (Å²) in [6.45, 7) is 5.57. The number of ether oxygens (including phenoxy) is 2. The molecule has 1 saturated heterocycles. The maximum absolute atomic E-state index is 11.9. The molecule has 168 valence electrons. The summed E-state index contributed by atoms with van der Waals surface area (Å²) in [5, 5.41) is 10.5. The van der Waals surface area contributed by atoms with E-state index in [0.29, 0.717) is 29.5 Å². The van der Waals surface area contributed by atoms with Crippen molar-refractivity contribution in [3.63, 3.8) is 0 Å². The highest BCUT2D eigenvalue weighted by atomic mass is 35.5. The fourth-order valence-electron chi connectivity index (χ4n) is 3.71. The van der Waals surface area contributed by atoms with E-state index in [1.807, 2.05) is 43.3 Å². The van der Waals surface area contributed by atoms with Crippen molar-refractivity contribution in [1.82, 2.24) is 14.8 Å². The van der Waals surface area contributed by atoms with Crippen molar-refractivity contribution in [2.24, 2.45) is 0 Å². The third-order valence-corrected chi connectivity index (χ3v) is 6.62. The van der Waals surface area contributed by atoms with Crippen LogP contribution in [-0.4, -0.2) is 39.9 Å². The molecule has 1 aliphatic heterocycles. The Labute approximate surface area is 197 Å². The average Bonchev–Trinajstić information content (AvgIpc) is 3.44. The number of hydrogen-bond acceptors (Lipinski definition) is 6. The van der Waals surface area contributed by atoms with Gasteiger partial charge in [0.15, 0.2) is 16.8 Å². The van der Waals surface area contributed by atoms with Gasteiger partial charge in [0.05, 0.1) is 19.3 Å². The van der Waals surface area contributed by atoms with Crippen molar-refractivity contribution < 1.29 is 14.3 Å². The molecule has 0 amide bonds. The largest absolute Gasteiger partial charge is 0.494 e. The molecule has 0 spiro atoms. The molecule has 0 N–H and O–H groups in total. The lowest BCUT2D eigenvalue weighted by Gasteiger charge is -2.15. The molecule has 0 saturated carbocycles. The average molecular weight is 472 g/mol. The number of Topliss-reactive ketones (excluding diaryl/α,β-unsaturated/α-hetero) is 1. The van der Waals surface area contributed by atoms with Crippen LogP contribution in [0.1, 0.15) is 42.6 Å². The van der Waals surface area contributed by atoms with Crippen LogP contribution < -0.4 is 4.74 Å². The standard InChI is InChI=1S/C24H26ClN3O3S/c1-3-30-22-11-8-18(16(2)29)13-19(22)15-32-24-27-26-23(17-6-9-20(25)10-7-17)28(24)14-21-5-4-12-31-21/h6-11,13,21H,3-5,12,14-15H2,1-2H3. The van der Waals surface area contributed by atoms with Gasteiger partial charge in [0.2, 0.25) is 0 Å². The second-order valence-electron chi connectivity index (χ2n) is 7.66. The number of carbonyl (C=O) groups is 1. The second-order valence-corrected chi connectivity index (χ2v) is 9.04. The van der Waals surface area contributed by atoms with Crippen LogP contribution in [0, 0.1) is 0 Å². The Morgan fingerprint density at radius 1 is 1.25 bits per heavy atom. The Morgan fingerprint density at radius 3 is 2.75 bits per heavy atom. The fraction of sp³-hybridized carbons (Fsp3) is 0.375. The first-order valence-electron chi connectivity index (χ1n) is 10.8.